The minimum atomic E-state index is -1.88. The summed E-state index contributed by atoms with van der Waals surface area (Å²) >= 11 is 0. The summed E-state index contributed by atoms with van der Waals surface area (Å²) in [5.74, 6) is -0.750. The predicted molar refractivity (Wildman–Crippen MR) is 67.2 cm³/mol. The van der Waals surface area contributed by atoms with Crippen molar-refractivity contribution < 1.29 is 27.8 Å². The largest absolute Gasteiger partial charge is 0.467 e. The predicted octanol–water partition coefficient (Wildman–Crippen LogP) is 2.71. The first-order valence-corrected chi connectivity index (χ1v) is 6.13. The Morgan fingerprint density at radius 1 is 1.30 bits per heavy atom. The summed E-state index contributed by atoms with van der Waals surface area (Å²) in [5.41, 5.74) is -2.52. The van der Waals surface area contributed by atoms with Crippen LogP contribution in [0.2, 0.25) is 0 Å². The second kappa shape index (κ2) is 5.38. The van der Waals surface area contributed by atoms with Crippen molar-refractivity contribution in [3.05, 3.63) is 11.7 Å². The van der Waals surface area contributed by atoms with Gasteiger partial charge in [-0.15, -0.1) is 0 Å². The molecule has 114 valence electrons. The van der Waals surface area contributed by atoms with Crippen LogP contribution in [-0.4, -0.2) is 41.8 Å². The first-order valence-electron chi connectivity index (χ1n) is 6.13. The monoisotopic (exact) mass is 291 g/mol. The van der Waals surface area contributed by atoms with Crippen molar-refractivity contribution in [2.24, 2.45) is 0 Å². The normalized spacial score (nSPS) is 22.8. The highest BCUT2D eigenvalue weighted by Gasteiger charge is 2.51. The number of nitrogens with zero attached hydrogens (tertiary/aromatic N) is 1. The minimum Gasteiger partial charge on any atom is -0.467 e. The molecule has 0 aromatic heterocycles. The summed E-state index contributed by atoms with van der Waals surface area (Å²) in [4.78, 5) is 24.9. The van der Waals surface area contributed by atoms with Crippen LogP contribution in [0.1, 0.15) is 34.1 Å². The lowest BCUT2D eigenvalue weighted by Gasteiger charge is -2.33. The van der Waals surface area contributed by atoms with Gasteiger partial charge >= 0.3 is 12.1 Å². The fourth-order valence-electron chi connectivity index (χ4n) is 2.04. The molecule has 0 N–H and O–H groups in total. The third kappa shape index (κ3) is 3.26. The van der Waals surface area contributed by atoms with E-state index in [1.165, 1.54) is 6.92 Å². The molecule has 0 aromatic carbocycles. The number of amides is 1. The molecule has 0 bridgehead atoms. The molecule has 7 heteroatoms. The Bertz CT molecular complexity index is 452. The fourth-order valence-corrected chi connectivity index (χ4v) is 2.04. The molecule has 1 unspecified atom stereocenters. The maximum absolute atomic E-state index is 12.8. The lowest BCUT2D eigenvalue weighted by atomic mass is 9.98. The highest BCUT2D eigenvalue weighted by molar-refractivity contribution is 5.87. The summed E-state index contributed by atoms with van der Waals surface area (Å²) in [6.07, 6.45) is -2.96. The van der Waals surface area contributed by atoms with Crippen LogP contribution in [-0.2, 0) is 14.3 Å². The maximum atomic E-state index is 12.8. The van der Waals surface area contributed by atoms with Crippen LogP contribution in [0.4, 0.5) is 13.6 Å². The fraction of sp³-hybridized carbons (Fsp3) is 0.692. The van der Waals surface area contributed by atoms with Crippen molar-refractivity contribution >= 4 is 12.1 Å². The number of carbonyl (C=O) groups excluding carboxylic acids is 2. The van der Waals surface area contributed by atoms with Crippen LogP contribution in [0.3, 0.4) is 0 Å². The van der Waals surface area contributed by atoms with E-state index in [0.29, 0.717) is 0 Å². The number of halogens is 2. The molecule has 1 saturated heterocycles. The molecule has 1 rings (SSSR count). The number of methoxy groups -OCH3 is 1. The number of hydrogen-bond acceptors (Lipinski definition) is 4. The minimum absolute atomic E-state index is 0.260. The van der Waals surface area contributed by atoms with E-state index >= 15 is 0 Å². The van der Waals surface area contributed by atoms with Crippen molar-refractivity contribution in [3.63, 3.8) is 0 Å². The van der Waals surface area contributed by atoms with Crippen LogP contribution < -0.4 is 0 Å². The molecule has 20 heavy (non-hydrogen) atoms. The van der Waals surface area contributed by atoms with Gasteiger partial charge in [0.15, 0.2) is 0 Å². The van der Waals surface area contributed by atoms with Gasteiger partial charge in [0.25, 0.3) is 6.08 Å². The summed E-state index contributed by atoms with van der Waals surface area (Å²) < 4.78 is 35.3. The first-order chi connectivity index (χ1) is 9.01. The zero-order valence-electron chi connectivity index (χ0n) is 12.3. The Balaban J connectivity index is 3.10. The summed E-state index contributed by atoms with van der Waals surface area (Å²) in [6.45, 7) is 6.01. The molecule has 1 heterocycles. The molecule has 1 aliphatic rings. The summed E-state index contributed by atoms with van der Waals surface area (Å²) in [5, 5.41) is 0. The molecular formula is C13H19F2NO4. The second-order valence-corrected chi connectivity index (χ2v) is 5.87. The lowest BCUT2D eigenvalue weighted by Crippen LogP contribution is -2.52. The van der Waals surface area contributed by atoms with Crippen molar-refractivity contribution in [3.8, 4) is 0 Å². The van der Waals surface area contributed by atoms with E-state index in [4.69, 9.17) is 4.74 Å². The van der Waals surface area contributed by atoms with Gasteiger partial charge in [0.05, 0.1) is 13.7 Å². The van der Waals surface area contributed by atoms with Gasteiger partial charge in [-0.2, -0.15) is 8.78 Å². The van der Waals surface area contributed by atoms with E-state index in [2.05, 4.69) is 4.74 Å². The van der Waals surface area contributed by atoms with Gasteiger partial charge in [0.2, 0.25) is 0 Å². The summed E-state index contributed by atoms with van der Waals surface area (Å²) in [6, 6.07) is 0. The standard InChI is InChI=1S/C13H19F2NO4/c1-12(2,3)20-11(18)16-7-8(9(14)15)6-13(16,4)10(17)19-5/h6-7H2,1-5H3. The van der Waals surface area contributed by atoms with Gasteiger partial charge in [0, 0.05) is 12.0 Å². The molecule has 0 aliphatic carbocycles. The molecule has 0 spiro atoms. The molecule has 1 atom stereocenters. The molecule has 1 aliphatic heterocycles. The number of carbonyl (C=O) groups is 2. The molecule has 5 nitrogen and oxygen atoms in total. The van der Waals surface area contributed by atoms with E-state index in [9.17, 15) is 18.4 Å². The van der Waals surface area contributed by atoms with Crippen LogP contribution in [0, 0.1) is 0 Å². The van der Waals surface area contributed by atoms with Gasteiger partial charge in [-0.25, -0.2) is 9.59 Å². The van der Waals surface area contributed by atoms with Gasteiger partial charge in [0.1, 0.15) is 11.1 Å². The van der Waals surface area contributed by atoms with Gasteiger partial charge < -0.3 is 9.47 Å². The number of likely N-dealkylation sites (tertiary alicyclic amines) is 1. The highest BCUT2D eigenvalue weighted by Crippen LogP contribution is 2.36. The number of ether oxygens (including phenoxy) is 2. The SMILES string of the molecule is COC(=O)C1(C)CC(=C(F)F)CN1C(=O)OC(C)(C)C. The highest BCUT2D eigenvalue weighted by atomic mass is 19.3. The van der Waals surface area contributed by atoms with Crippen LogP contribution in [0.5, 0.6) is 0 Å². The second-order valence-electron chi connectivity index (χ2n) is 5.87. The topological polar surface area (TPSA) is 55.8 Å². The lowest BCUT2D eigenvalue weighted by molar-refractivity contribution is -0.152. The molecule has 1 fully saturated rings. The molecule has 0 saturated carbocycles. The van der Waals surface area contributed by atoms with E-state index in [-0.39, 0.29) is 18.5 Å². The van der Waals surface area contributed by atoms with Gasteiger partial charge in [-0.1, -0.05) is 0 Å². The summed E-state index contributed by atoms with van der Waals surface area (Å²) in [7, 11) is 1.15. The zero-order chi connectivity index (χ0) is 15.7. The van der Waals surface area contributed by atoms with Gasteiger partial charge in [-0.3, -0.25) is 4.90 Å². The molecule has 0 aromatic rings. The Kier molecular flexibility index (Phi) is 4.41. The van der Waals surface area contributed by atoms with E-state index in [1.54, 1.807) is 20.8 Å². The maximum Gasteiger partial charge on any atom is 0.411 e. The first kappa shape index (κ1) is 16.4. The third-order valence-electron chi connectivity index (χ3n) is 3.01. The Morgan fingerprint density at radius 3 is 2.25 bits per heavy atom. The molecule has 1 amide bonds. The Hall–Kier alpha value is -1.66. The van der Waals surface area contributed by atoms with Gasteiger partial charge in [-0.05, 0) is 27.7 Å². The average molecular weight is 291 g/mol. The van der Waals surface area contributed by atoms with E-state index in [0.717, 1.165) is 12.0 Å². The zero-order valence-corrected chi connectivity index (χ0v) is 12.3. The van der Waals surface area contributed by atoms with Crippen LogP contribution in [0.15, 0.2) is 11.7 Å². The van der Waals surface area contributed by atoms with E-state index in [1.807, 2.05) is 0 Å². The quantitative estimate of drug-likeness (QED) is 0.697. The third-order valence-corrected chi connectivity index (χ3v) is 3.01. The van der Waals surface area contributed by atoms with Crippen molar-refractivity contribution in [1.82, 2.24) is 4.90 Å². The van der Waals surface area contributed by atoms with E-state index < -0.39 is 29.3 Å². The molecular weight excluding hydrogens is 272 g/mol. The number of hydrogen-bond donors (Lipinski definition) is 0. The number of esters is 1. The Morgan fingerprint density at radius 2 is 1.85 bits per heavy atom. The Labute approximate surface area is 116 Å². The number of rotatable bonds is 1. The van der Waals surface area contributed by atoms with Crippen molar-refractivity contribution in [1.29, 1.82) is 0 Å². The van der Waals surface area contributed by atoms with Crippen molar-refractivity contribution in [2.75, 3.05) is 13.7 Å². The average Bonchev–Trinajstić information content (AvgIpc) is 2.65. The van der Waals surface area contributed by atoms with Crippen LogP contribution >= 0.6 is 0 Å². The smallest absolute Gasteiger partial charge is 0.411 e. The van der Waals surface area contributed by atoms with Crippen molar-refractivity contribution in [2.45, 2.75) is 45.3 Å². The molecule has 0 radical (unpaired) electrons. The van der Waals surface area contributed by atoms with Crippen LogP contribution in [0.25, 0.3) is 0 Å².